The first-order chi connectivity index (χ1) is 8.24. The molecule has 2 heteroatoms. The highest BCUT2D eigenvalue weighted by atomic mass is 32.2. The Balaban J connectivity index is 2.27. The fourth-order valence-electron chi connectivity index (χ4n) is 1.67. The van der Waals surface area contributed by atoms with E-state index in [1.54, 1.807) is 18.9 Å². The normalized spacial score (nSPS) is 14.2. The third-order valence-electron chi connectivity index (χ3n) is 2.74. The van der Waals surface area contributed by atoms with Crippen molar-refractivity contribution in [2.24, 2.45) is 0 Å². The van der Waals surface area contributed by atoms with Crippen LogP contribution >= 0.6 is 11.8 Å². The Bertz CT molecular complexity index is 455. The van der Waals surface area contributed by atoms with Crippen molar-refractivity contribution in [2.75, 3.05) is 7.11 Å². The van der Waals surface area contributed by atoms with Gasteiger partial charge in [-0.2, -0.15) is 0 Å². The van der Waals surface area contributed by atoms with Crippen LogP contribution in [0.15, 0.2) is 65.6 Å². The van der Waals surface area contributed by atoms with E-state index < -0.39 is 0 Å². The molecule has 2 rings (SSSR count). The van der Waals surface area contributed by atoms with Gasteiger partial charge in [0.15, 0.2) is 0 Å². The largest absolute Gasteiger partial charge is 0.363 e. The van der Waals surface area contributed by atoms with Crippen molar-refractivity contribution >= 4 is 11.8 Å². The van der Waals surface area contributed by atoms with E-state index in [0.717, 1.165) is 0 Å². The van der Waals surface area contributed by atoms with E-state index in [0.29, 0.717) is 0 Å². The lowest BCUT2D eigenvalue weighted by molar-refractivity contribution is 0.0860. The highest BCUT2D eigenvalue weighted by Gasteiger charge is 2.27. The maximum Gasteiger partial charge on any atom is 0.140 e. The highest BCUT2D eigenvalue weighted by molar-refractivity contribution is 8.00. The first kappa shape index (κ1) is 12.2. The van der Waals surface area contributed by atoms with Crippen LogP contribution in [0.4, 0.5) is 0 Å². The number of hydrogen-bond acceptors (Lipinski definition) is 2. The molecule has 0 aliphatic carbocycles. The second-order valence-electron chi connectivity index (χ2n) is 3.93. The van der Waals surface area contributed by atoms with Gasteiger partial charge in [-0.25, -0.2) is 0 Å². The monoisotopic (exact) mass is 244 g/mol. The number of methoxy groups -OCH3 is 1. The lowest BCUT2D eigenvalue weighted by Crippen LogP contribution is -2.19. The molecule has 0 radical (unpaired) electrons. The van der Waals surface area contributed by atoms with Crippen LogP contribution in [0.5, 0.6) is 0 Å². The summed E-state index contributed by atoms with van der Waals surface area (Å²) in [6, 6.07) is 20.6. The highest BCUT2D eigenvalue weighted by Crippen LogP contribution is 2.41. The quantitative estimate of drug-likeness (QED) is 0.586. The van der Waals surface area contributed by atoms with Crippen molar-refractivity contribution < 1.29 is 4.74 Å². The third-order valence-corrected chi connectivity index (χ3v) is 4.04. The maximum atomic E-state index is 5.69. The zero-order chi connectivity index (χ0) is 12.1. The van der Waals surface area contributed by atoms with Gasteiger partial charge < -0.3 is 4.74 Å². The summed E-state index contributed by atoms with van der Waals surface area (Å²) in [6.45, 7) is 2.10. The minimum Gasteiger partial charge on any atom is -0.363 e. The van der Waals surface area contributed by atoms with Gasteiger partial charge in [-0.05, 0) is 24.6 Å². The Morgan fingerprint density at radius 3 is 1.94 bits per heavy atom. The Morgan fingerprint density at radius 2 is 1.41 bits per heavy atom. The Labute approximate surface area is 107 Å². The van der Waals surface area contributed by atoms with E-state index in [2.05, 4.69) is 31.2 Å². The van der Waals surface area contributed by atoms with Gasteiger partial charge in [-0.1, -0.05) is 60.3 Å². The van der Waals surface area contributed by atoms with Crippen LogP contribution < -0.4 is 0 Å². The van der Waals surface area contributed by atoms with Gasteiger partial charge in [0.25, 0.3) is 0 Å². The summed E-state index contributed by atoms with van der Waals surface area (Å²) in [5.41, 5.74) is 1.18. The van der Waals surface area contributed by atoms with Gasteiger partial charge in [0.2, 0.25) is 0 Å². The van der Waals surface area contributed by atoms with E-state index in [1.807, 2.05) is 36.4 Å². The molecule has 0 heterocycles. The summed E-state index contributed by atoms with van der Waals surface area (Å²) < 4.78 is 5.69. The van der Waals surface area contributed by atoms with Gasteiger partial charge in [0, 0.05) is 12.0 Å². The van der Waals surface area contributed by atoms with Crippen LogP contribution in [0.25, 0.3) is 0 Å². The summed E-state index contributed by atoms with van der Waals surface area (Å²) >= 11 is 1.72. The molecule has 0 spiro atoms. The van der Waals surface area contributed by atoms with Crippen LogP contribution in [-0.2, 0) is 9.67 Å². The maximum absolute atomic E-state index is 5.69. The van der Waals surface area contributed by atoms with E-state index >= 15 is 0 Å². The molecule has 88 valence electrons. The molecule has 0 bridgehead atoms. The van der Waals surface area contributed by atoms with Crippen molar-refractivity contribution in [3.63, 3.8) is 0 Å². The standard InChI is InChI=1S/C15H16OS/c1-15(16-2,13-9-5-3-6-10-13)17-14-11-7-4-8-12-14/h3-12H,1-2H3/t15-/m1/s1. The zero-order valence-corrected chi connectivity index (χ0v) is 10.9. The van der Waals surface area contributed by atoms with E-state index in [4.69, 9.17) is 4.74 Å². The Kier molecular flexibility index (Phi) is 3.87. The van der Waals surface area contributed by atoms with Crippen molar-refractivity contribution in [1.82, 2.24) is 0 Å². The Morgan fingerprint density at radius 1 is 0.882 bits per heavy atom. The lowest BCUT2D eigenvalue weighted by Gasteiger charge is -2.28. The third kappa shape index (κ3) is 2.90. The molecule has 0 aliphatic rings. The van der Waals surface area contributed by atoms with Crippen molar-refractivity contribution in [1.29, 1.82) is 0 Å². The number of rotatable bonds is 4. The van der Waals surface area contributed by atoms with Crippen molar-refractivity contribution in [3.8, 4) is 0 Å². The molecular formula is C15H16OS. The SMILES string of the molecule is CO[C@](C)(Sc1ccccc1)c1ccccc1. The minimum atomic E-state index is -0.345. The lowest BCUT2D eigenvalue weighted by atomic mass is 10.1. The first-order valence-electron chi connectivity index (χ1n) is 5.59. The average molecular weight is 244 g/mol. The molecule has 0 saturated heterocycles. The number of hydrogen-bond donors (Lipinski definition) is 0. The first-order valence-corrected chi connectivity index (χ1v) is 6.41. The molecule has 0 amide bonds. The molecule has 2 aromatic carbocycles. The number of thioether (sulfide) groups is 1. The summed E-state index contributed by atoms with van der Waals surface area (Å²) in [7, 11) is 1.75. The summed E-state index contributed by atoms with van der Waals surface area (Å²) in [5.74, 6) is 0. The Hall–Kier alpha value is -1.25. The van der Waals surface area contributed by atoms with E-state index in [9.17, 15) is 0 Å². The predicted octanol–water partition coefficient (Wildman–Crippen LogP) is 4.30. The van der Waals surface area contributed by atoms with E-state index in [1.165, 1.54) is 10.5 Å². The van der Waals surface area contributed by atoms with Crippen molar-refractivity contribution in [2.45, 2.75) is 16.8 Å². The molecule has 0 fully saturated rings. The fraction of sp³-hybridized carbons (Fsp3) is 0.200. The summed E-state index contributed by atoms with van der Waals surface area (Å²) in [6.07, 6.45) is 0. The van der Waals surface area contributed by atoms with Crippen LogP contribution in [0.1, 0.15) is 12.5 Å². The van der Waals surface area contributed by atoms with Gasteiger partial charge >= 0.3 is 0 Å². The zero-order valence-electron chi connectivity index (χ0n) is 10.1. The second-order valence-corrected chi connectivity index (χ2v) is 5.39. The molecule has 1 atom stereocenters. The molecule has 0 saturated carbocycles. The second kappa shape index (κ2) is 5.39. The summed E-state index contributed by atoms with van der Waals surface area (Å²) in [4.78, 5) is 0.864. The predicted molar refractivity (Wildman–Crippen MR) is 73.1 cm³/mol. The molecule has 17 heavy (non-hydrogen) atoms. The topological polar surface area (TPSA) is 9.23 Å². The number of ether oxygens (including phenoxy) is 1. The van der Waals surface area contributed by atoms with Gasteiger partial charge in [-0.15, -0.1) is 0 Å². The fourth-order valence-corrected chi connectivity index (χ4v) is 2.75. The number of benzene rings is 2. The van der Waals surface area contributed by atoms with Crippen LogP contribution in [-0.4, -0.2) is 7.11 Å². The van der Waals surface area contributed by atoms with Crippen LogP contribution in [0, 0.1) is 0 Å². The van der Waals surface area contributed by atoms with E-state index in [-0.39, 0.29) is 4.93 Å². The molecule has 0 aliphatic heterocycles. The molecule has 0 aromatic heterocycles. The molecule has 0 N–H and O–H groups in total. The van der Waals surface area contributed by atoms with Crippen LogP contribution in [0.3, 0.4) is 0 Å². The van der Waals surface area contributed by atoms with Crippen molar-refractivity contribution in [3.05, 3.63) is 66.2 Å². The van der Waals surface area contributed by atoms with Crippen LogP contribution in [0.2, 0.25) is 0 Å². The van der Waals surface area contributed by atoms with Gasteiger partial charge in [0.05, 0.1) is 0 Å². The molecule has 1 nitrogen and oxygen atoms in total. The average Bonchev–Trinajstić information content (AvgIpc) is 2.41. The van der Waals surface area contributed by atoms with Gasteiger partial charge in [-0.3, -0.25) is 0 Å². The van der Waals surface area contributed by atoms with Gasteiger partial charge in [0.1, 0.15) is 4.93 Å². The smallest absolute Gasteiger partial charge is 0.140 e. The molecule has 2 aromatic rings. The molecule has 0 unspecified atom stereocenters. The minimum absolute atomic E-state index is 0.345. The molecular weight excluding hydrogens is 228 g/mol. The summed E-state index contributed by atoms with van der Waals surface area (Å²) in [5, 5.41) is 0.